The number of benzene rings is 1. The normalized spacial score (nSPS) is 17.1. The molecule has 5 nitrogen and oxygen atoms in total. The van der Waals surface area contributed by atoms with Gasteiger partial charge in [0.1, 0.15) is 0 Å². The summed E-state index contributed by atoms with van der Waals surface area (Å²) in [5, 5.41) is 10.1. The first kappa shape index (κ1) is 16.4. The summed E-state index contributed by atoms with van der Waals surface area (Å²) in [6.07, 6.45) is 3.25. The van der Waals surface area contributed by atoms with Crippen LogP contribution in [0.25, 0.3) is 0 Å². The summed E-state index contributed by atoms with van der Waals surface area (Å²) >= 11 is 11.2. The predicted molar refractivity (Wildman–Crippen MR) is 98.6 cm³/mol. The minimum atomic E-state index is -0.354. The quantitative estimate of drug-likeness (QED) is 0.735. The van der Waals surface area contributed by atoms with E-state index in [4.69, 9.17) is 23.8 Å². The van der Waals surface area contributed by atoms with Gasteiger partial charge in [-0.05, 0) is 49.0 Å². The summed E-state index contributed by atoms with van der Waals surface area (Å²) in [5.41, 5.74) is 2.81. The van der Waals surface area contributed by atoms with E-state index >= 15 is 0 Å². The highest BCUT2D eigenvalue weighted by atomic mass is 35.5. The van der Waals surface area contributed by atoms with Crippen LogP contribution in [-0.2, 0) is 4.79 Å². The molecule has 1 atom stereocenters. The fraction of sp³-hybridized carbons (Fsp3) is 0.118. The molecule has 122 valence electrons. The van der Waals surface area contributed by atoms with Crippen molar-refractivity contribution in [3.63, 3.8) is 0 Å². The van der Waals surface area contributed by atoms with E-state index in [-0.39, 0.29) is 11.9 Å². The number of carbonyl (C=O) groups is 1. The molecule has 3 rings (SSSR count). The van der Waals surface area contributed by atoms with E-state index in [1.807, 2.05) is 19.1 Å². The number of carbonyl (C=O) groups excluding carboxylic acids is 1. The molecule has 1 amide bonds. The molecule has 0 aliphatic carbocycles. The number of anilines is 1. The van der Waals surface area contributed by atoms with Crippen molar-refractivity contribution in [3.8, 4) is 0 Å². The zero-order chi connectivity index (χ0) is 17.1. The third kappa shape index (κ3) is 3.55. The molecule has 3 N–H and O–H groups in total. The van der Waals surface area contributed by atoms with Gasteiger partial charge < -0.3 is 16.0 Å². The van der Waals surface area contributed by atoms with Crippen molar-refractivity contribution in [2.75, 3.05) is 5.32 Å². The highest BCUT2D eigenvalue weighted by molar-refractivity contribution is 7.80. The lowest BCUT2D eigenvalue weighted by atomic mass is 9.95. The Balaban J connectivity index is 1.94. The van der Waals surface area contributed by atoms with Crippen LogP contribution in [0.1, 0.15) is 18.5 Å². The molecule has 0 radical (unpaired) electrons. The average Bonchev–Trinajstić information content (AvgIpc) is 2.55. The number of halogens is 1. The molecule has 1 aliphatic rings. The Bertz CT molecular complexity index is 805. The number of hydrogen-bond donors (Lipinski definition) is 3. The van der Waals surface area contributed by atoms with E-state index in [2.05, 4.69) is 20.9 Å². The third-order valence-electron chi connectivity index (χ3n) is 3.64. The molecule has 1 aliphatic heterocycles. The van der Waals surface area contributed by atoms with Gasteiger partial charge in [0.25, 0.3) is 5.91 Å². The third-order valence-corrected chi connectivity index (χ3v) is 4.11. The highest BCUT2D eigenvalue weighted by Gasteiger charge is 2.29. The first-order valence-corrected chi connectivity index (χ1v) is 8.08. The average molecular weight is 359 g/mol. The fourth-order valence-corrected chi connectivity index (χ4v) is 2.93. The number of rotatable bonds is 3. The van der Waals surface area contributed by atoms with Crippen molar-refractivity contribution >= 4 is 40.5 Å². The van der Waals surface area contributed by atoms with Crippen LogP contribution in [0.4, 0.5) is 5.69 Å². The van der Waals surface area contributed by atoms with Gasteiger partial charge in [0.15, 0.2) is 5.11 Å². The van der Waals surface area contributed by atoms with Crippen LogP contribution in [0.5, 0.6) is 0 Å². The minimum absolute atomic E-state index is 0.219. The summed E-state index contributed by atoms with van der Waals surface area (Å²) in [5.74, 6) is -0.219. The molecule has 1 aromatic heterocycles. The summed E-state index contributed by atoms with van der Waals surface area (Å²) in [7, 11) is 0. The lowest BCUT2D eigenvalue weighted by molar-refractivity contribution is -0.113. The summed E-state index contributed by atoms with van der Waals surface area (Å²) in [6, 6.07) is 10.5. The van der Waals surface area contributed by atoms with Crippen LogP contribution >= 0.6 is 23.8 Å². The van der Waals surface area contributed by atoms with Gasteiger partial charge in [-0.25, -0.2) is 0 Å². The van der Waals surface area contributed by atoms with Crippen molar-refractivity contribution in [3.05, 3.63) is 70.6 Å². The summed E-state index contributed by atoms with van der Waals surface area (Å²) in [4.78, 5) is 16.8. The molecular formula is C17H15ClN4OS. The van der Waals surface area contributed by atoms with Crippen molar-refractivity contribution in [1.29, 1.82) is 0 Å². The molecule has 0 saturated heterocycles. The zero-order valence-corrected chi connectivity index (χ0v) is 14.4. The van der Waals surface area contributed by atoms with Gasteiger partial charge in [-0.2, -0.15) is 0 Å². The van der Waals surface area contributed by atoms with E-state index in [1.54, 1.807) is 36.7 Å². The number of thiocarbonyl (C=S) groups is 1. The van der Waals surface area contributed by atoms with Gasteiger partial charge in [-0.1, -0.05) is 23.7 Å². The number of hydrogen-bond acceptors (Lipinski definition) is 3. The van der Waals surface area contributed by atoms with E-state index in [0.717, 1.165) is 5.56 Å². The van der Waals surface area contributed by atoms with E-state index in [9.17, 15) is 4.79 Å². The highest BCUT2D eigenvalue weighted by Crippen LogP contribution is 2.28. The number of allylic oxidation sites excluding steroid dienone is 1. The Kier molecular flexibility index (Phi) is 4.78. The molecule has 0 saturated carbocycles. The van der Waals surface area contributed by atoms with Crippen LogP contribution in [0.15, 0.2) is 60.1 Å². The van der Waals surface area contributed by atoms with E-state index < -0.39 is 0 Å². The van der Waals surface area contributed by atoms with Crippen molar-refractivity contribution in [2.45, 2.75) is 13.0 Å². The molecular weight excluding hydrogens is 344 g/mol. The van der Waals surface area contributed by atoms with Gasteiger partial charge in [-0.3, -0.25) is 9.78 Å². The second kappa shape index (κ2) is 6.98. The monoisotopic (exact) mass is 358 g/mol. The Labute approximate surface area is 150 Å². The molecule has 1 unspecified atom stereocenters. The fourth-order valence-electron chi connectivity index (χ4n) is 2.54. The summed E-state index contributed by atoms with van der Waals surface area (Å²) < 4.78 is 0. The smallest absolute Gasteiger partial charge is 0.255 e. The maximum atomic E-state index is 12.8. The molecule has 2 aromatic rings. The van der Waals surface area contributed by atoms with Gasteiger partial charge in [0.05, 0.1) is 23.5 Å². The molecule has 0 spiro atoms. The predicted octanol–water partition coefficient (Wildman–Crippen LogP) is 3.17. The first-order valence-electron chi connectivity index (χ1n) is 7.30. The number of amides is 1. The molecule has 24 heavy (non-hydrogen) atoms. The van der Waals surface area contributed by atoms with Gasteiger partial charge >= 0.3 is 0 Å². The SMILES string of the molecule is CC1=C(C(=O)Nc2cccnc2)C(c2ccc(Cl)cc2)NC(=S)N1. The Morgan fingerprint density at radius 3 is 2.71 bits per heavy atom. The summed E-state index contributed by atoms with van der Waals surface area (Å²) in [6.45, 7) is 1.83. The van der Waals surface area contributed by atoms with Gasteiger partial charge in [0.2, 0.25) is 0 Å². The van der Waals surface area contributed by atoms with Crippen LogP contribution in [0, 0.1) is 0 Å². The molecule has 7 heteroatoms. The van der Waals surface area contributed by atoms with Crippen LogP contribution in [-0.4, -0.2) is 16.0 Å². The van der Waals surface area contributed by atoms with Gasteiger partial charge in [-0.15, -0.1) is 0 Å². The molecule has 0 bridgehead atoms. The number of nitrogens with one attached hydrogen (secondary N) is 3. The zero-order valence-electron chi connectivity index (χ0n) is 12.8. The number of nitrogens with zero attached hydrogens (tertiary/aromatic N) is 1. The number of aromatic nitrogens is 1. The lowest BCUT2D eigenvalue weighted by Gasteiger charge is -2.30. The van der Waals surface area contributed by atoms with Crippen LogP contribution in [0.3, 0.4) is 0 Å². The minimum Gasteiger partial charge on any atom is -0.351 e. The topological polar surface area (TPSA) is 66.0 Å². The van der Waals surface area contributed by atoms with Crippen LogP contribution < -0.4 is 16.0 Å². The Morgan fingerprint density at radius 2 is 2.04 bits per heavy atom. The second-order valence-corrected chi connectivity index (χ2v) is 6.16. The Hall–Kier alpha value is -2.44. The second-order valence-electron chi connectivity index (χ2n) is 5.32. The molecule has 2 heterocycles. The Morgan fingerprint density at radius 1 is 1.29 bits per heavy atom. The van der Waals surface area contributed by atoms with E-state index in [0.29, 0.717) is 27.1 Å². The maximum absolute atomic E-state index is 12.8. The molecule has 1 aromatic carbocycles. The van der Waals surface area contributed by atoms with Crippen molar-refractivity contribution in [2.24, 2.45) is 0 Å². The molecule has 0 fully saturated rings. The van der Waals surface area contributed by atoms with Crippen molar-refractivity contribution < 1.29 is 4.79 Å². The van der Waals surface area contributed by atoms with Crippen LogP contribution in [0.2, 0.25) is 5.02 Å². The lowest BCUT2D eigenvalue weighted by Crippen LogP contribution is -2.45. The first-order chi connectivity index (χ1) is 11.5. The number of pyridine rings is 1. The van der Waals surface area contributed by atoms with E-state index in [1.165, 1.54) is 0 Å². The van der Waals surface area contributed by atoms with Gasteiger partial charge in [0, 0.05) is 16.9 Å². The largest absolute Gasteiger partial charge is 0.351 e. The maximum Gasteiger partial charge on any atom is 0.255 e. The van der Waals surface area contributed by atoms with Crippen molar-refractivity contribution in [1.82, 2.24) is 15.6 Å². The standard InChI is InChI=1S/C17H15ClN4OS/c1-10-14(16(23)21-13-3-2-8-19-9-13)15(22-17(24)20-10)11-4-6-12(18)7-5-11/h2-9,15H,1H3,(H,21,23)(H2,20,22,24).